The Morgan fingerprint density at radius 2 is 1.94 bits per heavy atom. The van der Waals surface area contributed by atoms with Crippen LogP contribution in [0.4, 0.5) is 5.69 Å². The Morgan fingerprint density at radius 1 is 1.22 bits per heavy atom. The molecule has 0 bridgehead atoms. The van der Waals surface area contributed by atoms with E-state index in [1.807, 2.05) is 11.8 Å². The summed E-state index contributed by atoms with van der Waals surface area (Å²) in [5, 5.41) is 3.73. The van der Waals surface area contributed by atoms with Gasteiger partial charge < -0.3 is 10.2 Å². The smallest absolute Gasteiger partial charge is 0.0480 e. The summed E-state index contributed by atoms with van der Waals surface area (Å²) < 4.78 is 0. The molecule has 0 aliphatic carbocycles. The maximum absolute atomic E-state index is 3.73. The molecule has 1 aliphatic rings. The molecule has 1 aromatic rings. The molecule has 2 rings (SSSR count). The van der Waals surface area contributed by atoms with Gasteiger partial charge in [-0.25, -0.2) is 0 Å². The van der Waals surface area contributed by atoms with E-state index in [1.165, 1.54) is 43.1 Å². The maximum Gasteiger partial charge on any atom is 0.0480 e. The minimum atomic E-state index is 0.645. The molecule has 0 spiro atoms. The molecule has 1 saturated heterocycles. The van der Waals surface area contributed by atoms with Crippen LogP contribution in [0.2, 0.25) is 0 Å². The monoisotopic (exact) mass is 264 g/mol. The zero-order valence-electron chi connectivity index (χ0n) is 11.5. The van der Waals surface area contributed by atoms with Gasteiger partial charge in [-0.15, -0.1) is 11.8 Å². The first-order valence-corrected chi connectivity index (χ1v) is 8.02. The highest BCUT2D eigenvalue weighted by Crippen LogP contribution is 2.28. The number of thioether (sulfide) groups is 1. The Balaban J connectivity index is 1.93. The molecular formula is C15H24N2S. The largest absolute Gasteiger partial charge is 0.381 e. The van der Waals surface area contributed by atoms with Gasteiger partial charge in [-0.05, 0) is 37.3 Å². The topological polar surface area (TPSA) is 15.3 Å². The number of hydrogen-bond acceptors (Lipinski definition) is 3. The number of anilines is 1. The molecule has 3 heteroatoms. The van der Waals surface area contributed by atoms with Crippen LogP contribution in [-0.2, 0) is 0 Å². The van der Waals surface area contributed by atoms with E-state index in [2.05, 4.69) is 48.3 Å². The van der Waals surface area contributed by atoms with Crippen molar-refractivity contribution in [3.05, 3.63) is 24.3 Å². The van der Waals surface area contributed by atoms with Crippen LogP contribution in [-0.4, -0.2) is 36.3 Å². The Morgan fingerprint density at radius 3 is 2.61 bits per heavy atom. The highest BCUT2D eigenvalue weighted by molar-refractivity contribution is 7.99. The van der Waals surface area contributed by atoms with Gasteiger partial charge in [-0.1, -0.05) is 26.0 Å². The van der Waals surface area contributed by atoms with E-state index in [4.69, 9.17) is 0 Å². The highest BCUT2D eigenvalue weighted by atomic mass is 32.2. The van der Waals surface area contributed by atoms with Gasteiger partial charge in [0.05, 0.1) is 0 Å². The predicted octanol–water partition coefficient (Wildman–Crippen LogP) is 3.69. The van der Waals surface area contributed by atoms with Crippen LogP contribution in [0.3, 0.4) is 0 Å². The van der Waals surface area contributed by atoms with Gasteiger partial charge in [0.1, 0.15) is 0 Å². The zero-order chi connectivity index (χ0) is 12.8. The molecule has 18 heavy (non-hydrogen) atoms. The van der Waals surface area contributed by atoms with Crippen molar-refractivity contribution in [1.82, 2.24) is 4.90 Å². The summed E-state index contributed by atoms with van der Waals surface area (Å²) in [5.74, 6) is 1.13. The van der Waals surface area contributed by atoms with E-state index in [1.54, 1.807) is 0 Å². The zero-order valence-corrected chi connectivity index (χ0v) is 12.3. The van der Waals surface area contributed by atoms with Gasteiger partial charge >= 0.3 is 0 Å². The van der Waals surface area contributed by atoms with Gasteiger partial charge in [0, 0.05) is 29.7 Å². The number of para-hydroxylation sites is 1. The standard InChI is InChI=1S/C15H24N2S/c1-3-17-11-9-13(10-12-17)16-14-7-5-6-8-15(14)18-4-2/h5-8,13,16H,3-4,9-12H2,1-2H3. The third-order valence-electron chi connectivity index (χ3n) is 3.58. The average Bonchev–Trinajstić information content (AvgIpc) is 2.42. The number of nitrogens with one attached hydrogen (secondary N) is 1. The van der Waals surface area contributed by atoms with Crippen LogP contribution < -0.4 is 5.32 Å². The van der Waals surface area contributed by atoms with Gasteiger partial charge in [0.15, 0.2) is 0 Å². The van der Waals surface area contributed by atoms with Crippen molar-refractivity contribution in [2.75, 3.05) is 30.7 Å². The third kappa shape index (κ3) is 3.66. The number of benzene rings is 1. The summed E-state index contributed by atoms with van der Waals surface area (Å²) in [6, 6.07) is 9.33. The fourth-order valence-electron chi connectivity index (χ4n) is 2.48. The lowest BCUT2D eigenvalue weighted by Crippen LogP contribution is -2.38. The second kappa shape index (κ2) is 7.05. The second-order valence-electron chi connectivity index (χ2n) is 4.78. The molecule has 0 atom stereocenters. The molecule has 1 aromatic carbocycles. The van der Waals surface area contributed by atoms with E-state index >= 15 is 0 Å². The minimum Gasteiger partial charge on any atom is -0.381 e. The molecular weight excluding hydrogens is 240 g/mol. The number of likely N-dealkylation sites (tertiary alicyclic amines) is 1. The van der Waals surface area contributed by atoms with Crippen LogP contribution >= 0.6 is 11.8 Å². The number of hydrogen-bond donors (Lipinski definition) is 1. The van der Waals surface area contributed by atoms with Crippen molar-refractivity contribution in [3.63, 3.8) is 0 Å². The lowest BCUT2D eigenvalue weighted by molar-refractivity contribution is 0.229. The summed E-state index contributed by atoms with van der Waals surface area (Å²) in [5.41, 5.74) is 1.32. The molecule has 1 fully saturated rings. The Kier molecular flexibility index (Phi) is 5.39. The molecule has 0 aromatic heterocycles. The van der Waals surface area contributed by atoms with Crippen molar-refractivity contribution in [2.45, 2.75) is 37.6 Å². The molecule has 1 N–H and O–H groups in total. The molecule has 0 unspecified atom stereocenters. The minimum absolute atomic E-state index is 0.645. The van der Waals surface area contributed by atoms with Gasteiger partial charge in [-0.3, -0.25) is 0 Å². The van der Waals surface area contributed by atoms with E-state index in [-0.39, 0.29) is 0 Å². The van der Waals surface area contributed by atoms with Crippen molar-refractivity contribution in [3.8, 4) is 0 Å². The number of nitrogens with zero attached hydrogens (tertiary/aromatic N) is 1. The lowest BCUT2D eigenvalue weighted by Gasteiger charge is -2.32. The Bertz CT molecular complexity index is 359. The van der Waals surface area contributed by atoms with Crippen molar-refractivity contribution in [2.24, 2.45) is 0 Å². The van der Waals surface area contributed by atoms with Gasteiger partial charge in [0.2, 0.25) is 0 Å². The summed E-state index contributed by atoms with van der Waals surface area (Å²) in [7, 11) is 0. The quantitative estimate of drug-likeness (QED) is 0.817. The highest BCUT2D eigenvalue weighted by Gasteiger charge is 2.18. The van der Waals surface area contributed by atoms with E-state index < -0.39 is 0 Å². The van der Waals surface area contributed by atoms with Crippen molar-refractivity contribution >= 4 is 17.4 Å². The van der Waals surface area contributed by atoms with Crippen LogP contribution in [0.5, 0.6) is 0 Å². The molecule has 1 heterocycles. The molecule has 0 amide bonds. The normalized spacial score (nSPS) is 17.9. The average molecular weight is 264 g/mol. The molecule has 0 saturated carbocycles. The summed E-state index contributed by atoms with van der Waals surface area (Å²) in [4.78, 5) is 3.92. The summed E-state index contributed by atoms with van der Waals surface area (Å²) in [6.45, 7) is 8.12. The van der Waals surface area contributed by atoms with E-state index in [0.29, 0.717) is 6.04 Å². The first-order chi connectivity index (χ1) is 8.83. The summed E-state index contributed by atoms with van der Waals surface area (Å²) >= 11 is 1.92. The number of rotatable bonds is 5. The van der Waals surface area contributed by atoms with Crippen LogP contribution in [0.1, 0.15) is 26.7 Å². The van der Waals surface area contributed by atoms with Gasteiger partial charge in [0.25, 0.3) is 0 Å². The van der Waals surface area contributed by atoms with Gasteiger partial charge in [-0.2, -0.15) is 0 Å². The Hall–Kier alpha value is -0.670. The van der Waals surface area contributed by atoms with Crippen LogP contribution in [0.15, 0.2) is 29.2 Å². The number of piperidine rings is 1. The fraction of sp³-hybridized carbons (Fsp3) is 0.600. The molecule has 100 valence electrons. The van der Waals surface area contributed by atoms with Crippen molar-refractivity contribution < 1.29 is 0 Å². The van der Waals surface area contributed by atoms with Crippen LogP contribution in [0, 0.1) is 0 Å². The first-order valence-electron chi connectivity index (χ1n) is 7.04. The molecule has 2 nitrogen and oxygen atoms in total. The Labute approximate surface area is 115 Å². The van der Waals surface area contributed by atoms with E-state index in [9.17, 15) is 0 Å². The molecule has 0 radical (unpaired) electrons. The lowest BCUT2D eigenvalue weighted by atomic mass is 10.0. The van der Waals surface area contributed by atoms with Crippen LogP contribution in [0.25, 0.3) is 0 Å². The predicted molar refractivity (Wildman–Crippen MR) is 81.6 cm³/mol. The second-order valence-corrected chi connectivity index (χ2v) is 6.09. The van der Waals surface area contributed by atoms with E-state index in [0.717, 1.165) is 5.75 Å². The first kappa shape index (κ1) is 13.8. The van der Waals surface area contributed by atoms with Crippen molar-refractivity contribution in [1.29, 1.82) is 0 Å². The fourth-order valence-corrected chi connectivity index (χ4v) is 3.25. The summed E-state index contributed by atoms with van der Waals surface area (Å²) in [6.07, 6.45) is 2.53. The maximum atomic E-state index is 3.73. The SMILES string of the molecule is CCSc1ccccc1NC1CCN(CC)CC1. The third-order valence-corrected chi connectivity index (χ3v) is 4.54. The molecule has 1 aliphatic heterocycles.